The quantitative estimate of drug-likeness (QED) is 0.531. The zero-order chi connectivity index (χ0) is 12.4. The molecule has 0 aliphatic heterocycles. The third-order valence-electron chi connectivity index (χ3n) is 2.15. The summed E-state index contributed by atoms with van der Waals surface area (Å²) < 4.78 is 25.5. The lowest BCUT2D eigenvalue weighted by Crippen LogP contribution is -2.32. The van der Waals surface area contributed by atoms with Gasteiger partial charge in [-0.05, 0) is 40.0 Å². The molecule has 6 heteroatoms. The zero-order valence-electron chi connectivity index (χ0n) is 10.6. The molecule has 0 saturated carbocycles. The van der Waals surface area contributed by atoms with Gasteiger partial charge in [0.1, 0.15) is 0 Å². The summed E-state index contributed by atoms with van der Waals surface area (Å²) in [7, 11) is 0.948. The molecule has 0 atom stereocenters. The van der Waals surface area contributed by atoms with Crippen LogP contribution in [0.4, 0.5) is 0 Å². The molecule has 0 amide bonds. The van der Waals surface area contributed by atoms with Gasteiger partial charge in [-0.2, -0.15) is 0 Å². The van der Waals surface area contributed by atoms with E-state index in [4.69, 9.17) is 0 Å². The highest BCUT2D eigenvalue weighted by atomic mass is 32.2. The SMILES string of the molecule is CCNCCS(=O)(=O)NCCCCN(C)C. The van der Waals surface area contributed by atoms with Crippen molar-refractivity contribution in [2.75, 3.05) is 46.0 Å². The minimum absolute atomic E-state index is 0.161. The number of nitrogens with one attached hydrogen (secondary N) is 2. The van der Waals surface area contributed by atoms with Crippen molar-refractivity contribution in [2.45, 2.75) is 19.8 Å². The number of rotatable bonds is 10. The Bertz CT molecular complexity index is 253. The minimum Gasteiger partial charge on any atom is -0.316 e. The maximum absolute atomic E-state index is 11.4. The first kappa shape index (κ1) is 15.8. The molecule has 0 spiro atoms. The first-order valence-corrected chi connectivity index (χ1v) is 7.46. The summed E-state index contributed by atoms with van der Waals surface area (Å²) in [5.74, 6) is 0.161. The van der Waals surface area contributed by atoms with Crippen LogP contribution < -0.4 is 10.0 Å². The van der Waals surface area contributed by atoms with Gasteiger partial charge in [0.05, 0.1) is 5.75 Å². The Morgan fingerprint density at radius 3 is 2.38 bits per heavy atom. The van der Waals surface area contributed by atoms with E-state index in [2.05, 4.69) is 14.9 Å². The van der Waals surface area contributed by atoms with Crippen LogP contribution in [0.1, 0.15) is 19.8 Å². The summed E-state index contributed by atoms with van der Waals surface area (Å²) in [5, 5.41) is 3.00. The summed E-state index contributed by atoms with van der Waals surface area (Å²) >= 11 is 0. The highest BCUT2D eigenvalue weighted by Gasteiger charge is 2.07. The number of unbranched alkanes of at least 4 members (excludes halogenated alkanes) is 1. The van der Waals surface area contributed by atoms with Gasteiger partial charge in [0.2, 0.25) is 10.0 Å². The van der Waals surface area contributed by atoms with E-state index < -0.39 is 10.0 Å². The maximum Gasteiger partial charge on any atom is 0.212 e. The standard InChI is InChI=1S/C10H25N3O2S/c1-4-11-8-10-16(14,15)12-7-5-6-9-13(2)3/h11-12H,4-10H2,1-3H3. The molecule has 0 bridgehead atoms. The van der Waals surface area contributed by atoms with E-state index in [-0.39, 0.29) is 5.75 Å². The molecular weight excluding hydrogens is 226 g/mol. The molecule has 0 unspecified atom stereocenters. The highest BCUT2D eigenvalue weighted by molar-refractivity contribution is 7.89. The van der Waals surface area contributed by atoms with Crippen LogP contribution in [0.2, 0.25) is 0 Å². The van der Waals surface area contributed by atoms with E-state index in [9.17, 15) is 8.42 Å². The Labute approximate surface area is 99.6 Å². The van der Waals surface area contributed by atoms with Crippen LogP contribution in [0.3, 0.4) is 0 Å². The molecule has 0 aliphatic rings. The molecule has 5 nitrogen and oxygen atoms in total. The number of hydrogen-bond donors (Lipinski definition) is 2. The van der Waals surface area contributed by atoms with Crippen LogP contribution in [-0.2, 0) is 10.0 Å². The molecule has 0 radical (unpaired) electrons. The fourth-order valence-electron chi connectivity index (χ4n) is 1.24. The van der Waals surface area contributed by atoms with Crippen LogP contribution in [0.25, 0.3) is 0 Å². The Kier molecular flexibility index (Phi) is 8.83. The van der Waals surface area contributed by atoms with Crippen molar-refractivity contribution < 1.29 is 8.42 Å². The van der Waals surface area contributed by atoms with Crippen LogP contribution in [0.5, 0.6) is 0 Å². The van der Waals surface area contributed by atoms with E-state index >= 15 is 0 Å². The monoisotopic (exact) mass is 251 g/mol. The molecule has 0 aliphatic carbocycles. The fraction of sp³-hybridized carbons (Fsp3) is 1.00. The summed E-state index contributed by atoms with van der Waals surface area (Å²) in [6.07, 6.45) is 1.90. The molecule has 0 heterocycles. The number of nitrogens with zero attached hydrogens (tertiary/aromatic N) is 1. The Morgan fingerprint density at radius 1 is 1.12 bits per heavy atom. The lowest BCUT2D eigenvalue weighted by Gasteiger charge is -2.09. The topological polar surface area (TPSA) is 61.4 Å². The largest absolute Gasteiger partial charge is 0.316 e. The first-order valence-electron chi connectivity index (χ1n) is 5.80. The van der Waals surface area contributed by atoms with Crippen molar-refractivity contribution >= 4 is 10.0 Å². The first-order chi connectivity index (χ1) is 7.48. The minimum atomic E-state index is -3.08. The van der Waals surface area contributed by atoms with Gasteiger partial charge < -0.3 is 10.2 Å². The summed E-state index contributed by atoms with van der Waals surface area (Å²) in [6.45, 7) is 4.82. The molecule has 2 N–H and O–H groups in total. The number of sulfonamides is 1. The van der Waals surface area contributed by atoms with Crippen molar-refractivity contribution in [3.8, 4) is 0 Å². The molecule has 0 rings (SSSR count). The lowest BCUT2D eigenvalue weighted by molar-refractivity contribution is 0.394. The molecule has 98 valence electrons. The average Bonchev–Trinajstić information content (AvgIpc) is 2.16. The van der Waals surface area contributed by atoms with Crippen molar-refractivity contribution in [1.82, 2.24) is 14.9 Å². The Balaban J connectivity index is 3.51. The Hall–Kier alpha value is -0.170. The molecule has 0 aromatic carbocycles. The van der Waals surface area contributed by atoms with Gasteiger partial charge in [-0.3, -0.25) is 0 Å². The van der Waals surface area contributed by atoms with Crippen LogP contribution >= 0.6 is 0 Å². The molecule has 0 aromatic rings. The predicted octanol–water partition coefficient (Wildman–Crippen LogP) is -0.143. The number of hydrogen-bond acceptors (Lipinski definition) is 4. The van der Waals surface area contributed by atoms with Crippen molar-refractivity contribution in [3.05, 3.63) is 0 Å². The van der Waals surface area contributed by atoms with Crippen molar-refractivity contribution in [2.24, 2.45) is 0 Å². The second kappa shape index (κ2) is 8.92. The Morgan fingerprint density at radius 2 is 1.81 bits per heavy atom. The van der Waals surface area contributed by atoms with E-state index in [0.717, 1.165) is 25.9 Å². The average molecular weight is 251 g/mol. The maximum atomic E-state index is 11.4. The summed E-state index contributed by atoms with van der Waals surface area (Å²) in [6, 6.07) is 0. The fourth-order valence-corrected chi connectivity index (χ4v) is 2.25. The van der Waals surface area contributed by atoms with Gasteiger partial charge in [0, 0.05) is 13.1 Å². The van der Waals surface area contributed by atoms with E-state index in [0.29, 0.717) is 13.1 Å². The highest BCUT2D eigenvalue weighted by Crippen LogP contribution is 1.91. The summed E-state index contributed by atoms with van der Waals surface area (Å²) in [5.41, 5.74) is 0. The lowest BCUT2D eigenvalue weighted by atomic mass is 10.3. The molecular formula is C10H25N3O2S. The van der Waals surface area contributed by atoms with Gasteiger partial charge in [-0.25, -0.2) is 13.1 Å². The zero-order valence-corrected chi connectivity index (χ0v) is 11.4. The van der Waals surface area contributed by atoms with E-state index in [1.54, 1.807) is 0 Å². The third kappa shape index (κ3) is 10.4. The van der Waals surface area contributed by atoms with Crippen LogP contribution in [0.15, 0.2) is 0 Å². The molecule has 0 fully saturated rings. The van der Waals surface area contributed by atoms with Crippen LogP contribution in [0, 0.1) is 0 Å². The van der Waals surface area contributed by atoms with Crippen molar-refractivity contribution in [3.63, 3.8) is 0 Å². The normalized spacial score (nSPS) is 12.2. The molecule has 16 heavy (non-hydrogen) atoms. The van der Waals surface area contributed by atoms with Gasteiger partial charge in [-0.1, -0.05) is 6.92 Å². The van der Waals surface area contributed by atoms with Gasteiger partial charge >= 0.3 is 0 Å². The van der Waals surface area contributed by atoms with E-state index in [1.165, 1.54) is 0 Å². The van der Waals surface area contributed by atoms with Gasteiger partial charge in [-0.15, -0.1) is 0 Å². The smallest absolute Gasteiger partial charge is 0.212 e. The van der Waals surface area contributed by atoms with E-state index in [1.807, 2.05) is 21.0 Å². The molecule has 0 aromatic heterocycles. The molecule has 0 saturated heterocycles. The second-order valence-electron chi connectivity index (χ2n) is 4.08. The predicted molar refractivity (Wildman–Crippen MR) is 68.1 cm³/mol. The van der Waals surface area contributed by atoms with Gasteiger partial charge in [0.25, 0.3) is 0 Å². The second-order valence-corrected chi connectivity index (χ2v) is 6.00. The summed E-state index contributed by atoms with van der Waals surface area (Å²) in [4.78, 5) is 2.10. The third-order valence-corrected chi connectivity index (χ3v) is 3.54. The van der Waals surface area contributed by atoms with Gasteiger partial charge in [0.15, 0.2) is 0 Å². The van der Waals surface area contributed by atoms with Crippen LogP contribution in [-0.4, -0.2) is 59.3 Å². The van der Waals surface area contributed by atoms with Crippen molar-refractivity contribution in [1.29, 1.82) is 0 Å².